The lowest BCUT2D eigenvalue weighted by atomic mass is 9.72. The van der Waals surface area contributed by atoms with Crippen LogP contribution in [0.4, 0.5) is 10.5 Å². The van der Waals surface area contributed by atoms with Gasteiger partial charge in [0.15, 0.2) is 0 Å². The Kier molecular flexibility index (Phi) is 7.36. The number of carbonyl (C=O) groups excluding carboxylic acids is 1. The van der Waals surface area contributed by atoms with E-state index in [9.17, 15) is 4.79 Å². The summed E-state index contributed by atoms with van der Waals surface area (Å²) >= 11 is 0. The molecule has 0 spiro atoms. The minimum atomic E-state index is -0.131. The second-order valence-corrected chi connectivity index (χ2v) is 8.15. The Balaban J connectivity index is 2.10. The van der Waals surface area contributed by atoms with Gasteiger partial charge in [-0.05, 0) is 55.9 Å². The van der Waals surface area contributed by atoms with Crippen LogP contribution in [0.5, 0.6) is 5.75 Å². The highest BCUT2D eigenvalue weighted by atomic mass is 16.5. The van der Waals surface area contributed by atoms with Gasteiger partial charge in [0.25, 0.3) is 0 Å². The number of piperidine rings is 1. The average Bonchev–Trinajstić information content (AvgIpc) is 2.63. The van der Waals surface area contributed by atoms with Gasteiger partial charge in [0.1, 0.15) is 5.75 Å². The summed E-state index contributed by atoms with van der Waals surface area (Å²) in [7, 11) is 1.82. The maximum absolute atomic E-state index is 12.1. The molecule has 1 aliphatic rings. The highest BCUT2D eigenvalue weighted by molar-refractivity contribution is 5.73. The van der Waals surface area contributed by atoms with E-state index in [1.165, 1.54) is 5.69 Å². The highest BCUT2D eigenvalue weighted by Crippen LogP contribution is 2.40. The number of aliphatic hydroxyl groups excluding tert-OH is 1. The summed E-state index contributed by atoms with van der Waals surface area (Å²) in [5.74, 6) is 1.27. The molecular weight excluding hydrogens is 342 g/mol. The molecule has 0 bridgehead atoms. The zero-order valence-corrected chi connectivity index (χ0v) is 17.4. The third-order valence-corrected chi connectivity index (χ3v) is 5.61. The summed E-state index contributed by atoms with van der Waals surface area (Å²) in [6, 6.07) is 8.57. The number of ether oxygens (including phenoxy) is 1. The number of hydrogen-bond donors (Lipinski definition) is 2. The summed E-state index contributed by atoms with van der Waals surface area (Å²) in [5.41, 5.74) is 1.33. The van der Waals surface area contributed by atoms with Crippen molar-refractivity contribution in [1.29, 1.82) is 0 Å². The lowest BCUT2D eigenvalue weighted by molar-refractivity contribution is 0.144. The Morgan fingerprint density at radius 1 is 1.37 bits per heavy atom. The maximum Gasteiger partial charge on any atom is 0.317 e. The molecule has 1 unspecified atom stereocenters. The Hall–Kier alpha value is -1.95. The van der Waals surface area contributed by atoms with Crippen molar-refractivity contribution in [2.24, 2.45) is 11.3 Å². The van der Waals surface area contributed by atoms with Crippen LogP contribution in [-0.2, 0) is 0 Å². The van der Waals surface area contributed by atoms with Gasteiger partial charge in [-0.3, -0.25) is 0 Å². The zero-order chi connectivity index (χ0) is 20.0. The number of anilines is 1. The third kappa shape index (κ3) is 5.51. The van der Waals surface area contributed by atoms with E-state index < -0.39 is 0 Å². The Labute approximate surface area is 163 Å². The van der Waals surface area contributed by atoms with Crippen molar-refractivity contribution in [3.8, 4) is 5.75 Å². The molecule has 2 N–H and O–H groups in total. The first kappa shape index (κ1) is 21.4. The molecule has 0 radical (unpaired) electrons. The van der Waals surface area contributed by atoms with Gasteiger partial charge in [0, 0.05) is 38.4 Å². The molecule has 1 heterocycles. The van der Waals surface area contributed by atoms with Gasteiger partial charge in [-0.15, -0.1) is 0 Å². The van der Waals surface area contributed by atoms with E-state index in [4.69, 9.17) is 9.84 Å². The lowest BCUT2D eigenvalue weighted by Crippen LogP contribution is -2.54. The van der Waals surface area contributed by atoms with Crippen LogP contribution in [0.15, 0.2) is 24.3 Å². The van der Waals surface area contributed by atoms with Crippen LogP contribution in [0.25, 0.3) is 0 Å². The smallest absolute Gasteiger partial charge is 0.317 e. The molecule has 1 aliphatic heterocycles. The van der Waals surface area contributed by atoms with Gasteiger partial charge >= 0.3 is 6.03 Å². The topological polar surface area (TPSA) is 65.0 Å². The number of benzene rings is 1. The number of nitrogens with zero attached hydrogens (tertiary/aromatic N) is 2. The number of amides is 2. The molecule has 2 rings (SSSR count). The molecule has 1 fully saturated rings. The second kappa shape index (κ2) is 9.31. The Bertz CT molecular complexity index is 603. The van der Waals surface area contributed by atoms with Crippen molar-refractivity contribution in [2.75, 3.05) is 44.8 Å². The summed E-state index contributed by atoms with van der Waals surface area (Å²) in [6.45, 7) is 11.4. The van der Waals surface area contributed by atoms with E-state index in [1.807, 2.05) is 26.1 Å². The van der Waals surface area contributed by atoms with Crippen LogP contribution in [0, 0.1) is 11.3 Å². The van der Waals surface area contributed by atoms with Crippen LogP contribution in [-0.4, -0.2) is 62.0 Å². The molecule has 0 aromatic heterocycles. The fourth-order valence-corrected chi connectivity index (χ4v) is 3.96. The Morgan fingerprint density at radius 3 is 2.63 bits per heavy atom. The van der Waals surface area contributed by atoms with Crippen molar-refractivity contribution in [2.45, 2.75) is 40.2 Å². The highest BCUT2D eigenvalue weighted by Gasteiger charge is 2.39. The van der Waals surface area contributed by atoms with Crippen LogP contribution < -0.4 is 15.0 Å². The molecule has 152 valence electrons. The zero-order valence-electron chi connectivity index (χ0n) is 17.4. The Morgan fingerprint density at radius 2 is 2.04 bits per heavy atom. The van der Waals surface area contributed by atoms with Gasteiger partial charge in [-0.2, -0.15) is 0 Å². The second-order valence-electron chi connectivity index (χ2n) is 8.15. The van der Waals surface area contributed by atoms with Gasteiger partial charge in [-0.25, -0.2) is 4.79 Å². The first-order valence-electron chi connectivity index (χ1n) is 9.87. The van der Waals surface area contributed by atoms with Crippen molar-refractivity contribution in [3.05, 3.63) is 24.3 Å². The van der Waals surface area contributed by atoms with Gasteiger partial charge in [-0.1, -0.05) is 13.8 Å². The minimum absolute atomic E-state index is 0.0426. The SMILES string of the molecule is CCOc1ccc(N2C[C@H](CN(C)C(=O)NCCO)CC(C)(C)C2C)cc1. The van der Waals surface area contributed by atoms with Gasteiger partial charge in [0.2, 0.25) is 0 Å². The van der Waals surface area contributed by atoms with Crippen molar-refractivity contribution >= 4 is 11.7 Å². The molecule has 1 saturated heterocycles. The van der Waals surface area contributed by atoms with E-state index in [-0.39, 0.29) is 24.6 Å². The molecule has 6 nitrogen and oxygen atoms in total. The monoisotopic (exact) mass is 377 g/mol. The number of hydrogen-bond acceptors (Lipinski definition) is 4. The number of urea groups is 1. The number of aliphatic hydroxyl groups is 1. The van der Waals surface area contributed by atoms with Crippen LogP contribution in [0.1, 0.15) is 34.1 Å². The first-order valence-corrected chi connectivity index (χ1v) is 9.87. The third-order valence-electron chi connectivity index (χ3n) is 5.61. The lowest BCUT2D eigenvalue weighted by Gasteiger charge is -2.50. The largest absolute Gasteiger partial charge is 0.494 e. The van der Waals surface area contributed by atoms with E-state index >= 15 is 0 Å². The quantitative estimate of drug-likeness (QED) is 0.767. The van der Waals surface area contributed by atoms with Crippen LogP contribution >= 0.6 is 0 Å². The number of nitrogens with one attached hydrogen (secondary N) is 1. The summed E-state index contributed by atoms with van der Waals surface area (Å²) in [5, 5.41) is 11.6. The normalized spacial score (nSPS) is 21.6. The standard InChI is InChI=1S/C21H35N3O3/c1-6-27-19-9-7-18(8-10-19)24-15-17(13-21(3,4)16(24)2)14-23(5)20(26)22-11-12-25/h7-10,16-17,25H,6,11-15H2,1-5H3,(H,22,26)/t16?,17-/m0/s1. The van der Waals surface area contributed by atoms with Crippen LogP contribution in [0.2, 0.25) is 0 Å². The van der Waals surface area contributed by atoms with E-state index in [0.717, 1.165) is 18.7 Å². The molecule has 6 heteroatoms. The fraction of sp³-hybridized carbons (Fsp3) is 0.667. The minimum Gasteiger partial charge on any atom is -0.494 e. The summed E-state index contributed by atoms with van der Waals surface area (Å²) < 4.78 is 5.56. The van der Waals surface area contributed by atoms with Gasteiger partial charge < -0.3 is 25.0 Å². The number of rotatable bonds is 7. The summed E-state index contributed by atoms with van der Waals surface area (Å²) in [4.78, 5) is 16.3. The maximum atomic E-state index is 12.1. The fourth-order valence-electron chi connectivity index (χ4n) is 3.96. The van der Waals surface area contributed by atoms with E-state index in [2.05, 4.69) is 43.1 Å². The molecule has 2 amide bonds. The number of carbonyl (C=O) groups is 1. The van der Waals surface area contributed by atoms with Crippen molar-refractivity contribution < 1.29 is 14.6 Å². The van der Waals surface area contributed by atoms with E-state index in [0.29, 0.717) is 25.1 Å². The molecule has 0 saturated carbocycles. The predicted molar refractivity (Wildman–Crippen MR) is 109 cm³/mol. The molecule has 1 aromatic rings. The first-order chi connectivity index (χ1) is 12.8. The molecule has 2 atom stereocenters. The molecular formula is C21H35N3O3. The van der Waals surface area contributed by atoms with Crippen molar-refractivity contribution in [3.63, 3.8) is 0 Å². The van der Waals surface area contributed by atoms with E-state index in [1.54, 1.807) is 4.90 Å². The average molecular weight is 378 g/mol. The molecule has 0 aliphatic carbocycles. The van der Waals surface area contributed by atoms with Crippen molar-refractivity contribution in [1.82, 2.24) is 10.2 Å². The predicted octanol–water partition coefficient (Wildman–Crippen LogP) is 2.96. The molecule has 1 aromatic carbocycles. The van der Waals surface area contributed by atoms with Crippen LogP contribution in [0.3, 0.4) is 0 Å². The molecule has 27 heavy (non-hydrogen) atoms. The van der Waals surface area contributed by atoms with Gasteiger partial charge in [0.05, 0.1) is 13.2 Å². The summed E-state index contributed by atoms with van der Waals surface area (Å²) in [6.07, 6.45) is 1.07.